The molecule has 17 heavy (non-hydrogen) atoms. The summed E-state index contributed by atoms with van der Waals surface area (Å²) in [5.41, 5.74) is 0.0859. The molecule has 0 unspecified atom stereocenters. The van der Waals surface area contributed by atoms with Gasteiger partial charge in [-0.25, -0.2) is 0 Å². The Balaban J connectivity index is 2.99. The number of hydrogen-bond donors (Lipinski definition) is 1. The zero-order valence-corrected chi connectivity index (χ0v) is 10.6. The first-order chi connectivity index (χ1) is 7.88. The van der Waals surface area contributed by atoms with Crippen LogP contribution >= 0.6 is 0 Å². The highest BCUT2D eigenvalue weighted by molar-refractivity contribution is 5.78. The molecule has 0 spiro atoms. The molecule has 1 aromatic rings. The van der Waals surface area contributed by atoms with Crippen LogP contribution in [0, 0.1) is 5.41 Å². The Hall–Kier alpha value is -1.55. The first kappa shape index (κ1) is 13.5. The Labute approximate surface area is 101 Å². The first-order valence-electron chi connectivity index (χ1n) is 5.38. The standard InChI is InChI=1S/C13H18O4/c1-13(2,3)12(15)17-11-7-9(8-14)5-6-10(11)16-4/h5-7,14H,8H2,1-4H3. The summed E-state index contributed by atoms with van der Waals surface area (Å²) in [6.45, 7) is 5.22. The van der Waals surface area contributed by atoms with Crippen LogP contribution in [0.3, 0.4) is 0 Å². The molecule has 1 rings (SSSR count). The highest BCUT2D eigenvalue weighted by Gasteiger charge is 2.24. The minimum atomic E-state index is -0.583. The summed E-state index contributed by atoms with van der Waals surface area (Å²) in [7, 11) is 1.50. The second-order valence-corrected chi connectivity index (χ2v) is 4.78. The largest absolute Gasteiger partial charge is 0.493 e. The lowest BCUT2D eigenvalue weighted by Crippen LogP contribution is -2.25. The maximum atomic E-state index is 11.8. The van der Waals surface area contributed by atoms with Gasteiger partial charge in [-0.3, -0.25) is 4.79 Å². The van der Waals surface area contributed by atoms with Gasteiger partial charge in [-0.2, -0.15) is 0 Å². The van der Waals surface area contributed by atoms with E-state index in [4.69, 9.17) is 14.6 Å². The Morgan fingerprint density at radius 3 is 2.41 bits per heavy atom. The van der Waals surface area contributed by atoms with E-state index >= 15 is 0 Å². The van der Waals surface area contributed by atoms with Gasteiger partial charge >= 0.3 is 5.97 Å². The Kier molecular flexibility index (Phi) is 4.12. The number of aliphatic hydroxyl groups excluding tert-OH is 1. The van der Waals surface area contributed by atoms with Crippen molar-refractivity contribution in [1.82, 2.24) is 0 Å². The fraction of sp³-hybridized carbons (Fsp3) is 0.462. The van der Waals surface area contributed by atoms with E-state index in [9.17, 15) is 4.79 Å². The monoisotopic (exact) mass is 238 g/mol. The van der Waals surface area contributed by atoms with E-state index in [0.717, 1.165) is 0 Å². The van der Waals surface area contributed by atoms with Crippen LogP contribution in [0.25, 0.3) is 0 Å². The van der Waals surface area contributed by atoms with Crippen LogP contribution in [-0.2, 0) is 11.4 Å². The molecule has 0 aliphatic rings. The van der Waals surface area contributed by atoms with Crippen molar-refractivity contribution in [1.29, 1.82) is 0 Å². The smallest absolute Gasteiger partial charge is 0.316 e. The number of esters is 1. The van der Waals surface area contributed by atoms with Crippen LogP contribution in [0.4, 0.5) is 0 Å². The molecule has 0 aromatic heterocycles. The van der Waals surface area contributed by atoms with Gasteiger partial charge in [-0.1, -0.05) is 6.07 Å². The average Bonchev–Trinajstić information content (AvgIpc) is 2.27. The van der Waals surface area contributed by atoms with Crippen molar-refractivity contribution >= 4 is 5.97 Å². The number of rotatable bonds is 3. The lowest BCUT2D eigenvalue weighted by Gasteiger charge is -2.18. The van der Waals surface area contributed by atoms with E-state index in [0.29, 0.717) is 17.1 Å². The van der Waals surface area contributed by atoms with Gasteiger partial charge < -0.3 is 14.6 Å². The molecule has 0 saturated carbocycles. The molecule has 0 atom stereocenters. The molecule has 94 valence electrons. The second kappa shape index (κ2) is 5.19. The van der Waals surface area contributed by atoms with Crippen molar-refractivity contribution in [3.63, 3.8) is 0 Å². The van der Waals surface area contributed by atoms with Gasteiger partial charge in [0.2, 0.25) is 0 Å². The number of carbonyl (C=O) groups is 1. The number of benzene rings is 1. The molecule has 0 heterocycles. The third kappa shape index (κ3) is 3.46. The maximum Gasteiger partial charge on any atom is 0.316 e. The maximum absolute atomic E-state index is 11.8. The van der Waals surface area contributed by atoms with Crippen LogP contribution in [0.2, 0.25) is 0 Å². The molecular formula is C13H18O4. The zero-order valence-electron chi connectivity index (χ0n) is 10.6. The molecule has 0 saturated heterocycles. The van der Waals surface area contributed by atoms with Crippen molar-refractivity contribution in [2.75, 3.05) is 7.11 Å². The summed E-state index contributed by atoms with van der Waals surface area (Å²) < 4.78 is 10.4. The van der Waals surface area contributed by atoms with E-state index in [1.807, 2.05) is 0 Å². The highest BCUT2D eigenvalue weighted by atomic mass is 16.6. The number of hydrogen-bond acceptors (Lipinski definition) is 4. The van der Waals surface area contributed by atoms with E-state index in [1.165, 1.54) is 7.11 Å². The molecule has 4 nitrogen and oxygen atoms in total. The molecule has 1 aromatic carbocycles. The van der Waals surface area contributed by atoms with E-state index < -0.39 is 5.41 Å². The third-order valence-corrected chi connectivity index (χ3v) is 2.23. The van der Waals surface area contributed by atoms with Crippen molar-refractivity contribution in [3.8, 4) is 11.5 Å². The average molecular weight is 238 g/mol. The quantitative estimate of drug-likeness (QED) is 0.647. The summed E-state index contributed by atoms with van der Waals surface area (Å²) in [5.74, 6) is 0.463. The summed E-state index contributed by atoms with van der Waals surface area (Å²) in [4.78, 5) is 11.8. The SMILES string of the molecule is COc1ccc(CO)cc1OC(=O)C(C)(C)C. The minimum Gasteiger partial charge on any atom is -0.493 e. The van der Waals surface area contributed by atoms with Crippen LogP contribution in [0.15, 0.2) is 18.2 Å². The van der Waals surface area contributed by atoms with Gasteiger partial charge in [0.05, 0.1) is 19.1 Å². The highest BCUT2D eigenvalue weighted by Crippen LogP contribution is 2.30. The third-order valence-electron chi connectivity index (χ3n) is 2.23. The predicted molar refractivity (Wildman–Crippen MR) is 64.0 cm³/mol. The summed E-state index contributed by atoms with van der Waals surface area (Å²) >= 11 is 0. The molecule has 0 aliphatic carbocycles. The predicted octanol–water partition coefficient (Wildman–Crippen LogP) is 2.14. The summed E-state index contributed by atoms with van der Waals surface area (Å²) in [6.07, 6.45) is 0. The second-order valence-electron chi connectivity index (χ2n) is 4.78. The Bertz CT molecular complexity index is 404. The summed E-state index contributed by atoms with van der Waals surface area (Å²) in [5, 5.41) is 9.04. The first-order valence-corrected chi connectivity index (χ1v) is 5.38. The van der Waals surface area contributed by atoms with Crippen LogP contribution in [0.1, 0.15) is 26.3 Å². The number of methoxy groups -OCH3 is 1. The molecular weight excluding hydrogens is 220 g/mol. The fourth-order valence-electron chi connectivity index (χ4n) is 1.15. The molecule has 0 radical (unpaired) electrons. The zero-order chi connectivity index (χ0) is 13.1. The van der Waals surface area contributed by atoms with Gasteiger partial charge in [0.25, 0.3) is 0 Å². The van der Waals surface area contributed by atoms with Crippen LogP contribution in [-0.4, -0.2) is 18.2 Å². The fourth-order valence-corrected chi connectivity index (χ4v) is 1.15. The number of carbonyl (C=O) groups excluding carboxylic acids is 1. The van der Waals surface area contributed by atoms with Crippen molar-refractivity contribution in [2.24, 2.45) is 5.41 Å². The Morgan fingerprint density at radius 2 is 1.94 bits per heavy atom. The minimum absolute atomic E-state index is 0.107. The molecule has 0 fully saturated rings. The summed E-state index contributed by atoms with van der Waals surface area (Å²) in [6, 6.07) is 4.98. The molecule has 4 heteroatoms. The number of ether oxygens (including phenoxy) is 2. The Morgan fingerprint density at radius 1 is 1.29 bits per heavy atom. The van der Waals surface area contributed by atoms with Crippen molar-refractivity contribution in [2.45, 2.75) is 27.4 Å². The lowest BCUT2D eigenvalue weighted by molar-refractivity contribution is -0.143. The molecule has 0 amide bonds. The van der Waals surface area contributed by atoms with Gasteiger partial charge in [-0.15, -0.1) is 0 Å². The lowest BCUT2D eigenvalue weighted by atomic mass is 9.97. The molecule has 0 bridgehead atoms. The van der Waals surface area contributed by atoms with Gasteiger partial charge in [0, 0.05) is 0 Å². The molecule has 1 N–H and O–H groups in total. The number of aliphatic hydroxyl groups is 1. The van der Waals surface area contributed by atoms with E-state index in [2.05, 4.69) is 0 Å². The van der Waals surface area contributed by atoms with Gasteiger partial charge in [-0.05, 0) is 38.5 Å². The van der Waals surface area contributed by atoms with E-state index in [-0.39, 0.29) is 12.6 Å². The van der Waals surface area contributed by atoms with Crippen molar-refractivity contribution < 1.29 is 19.4 Å². The van der Waals surface area contributed by atoms with E-state index in [1.54, 1.807) is 39.0 Å². The van der Waals surface area contributed by atoms with Crippen molar-refractivity contribution in [3.05, 3.63) is 23.8 Å². The normalized spacial score (nSPS) is 11.1. The van der Waals surface area contributed by atoms with Crippen LogP contribution < -0.4 is 9.47 Å². The van der Waals surface area contributed by atoms with Gasteiger partial charge in [0.1, 0.15) is 0 Å². The topological polar surface area (TPSA) is 55.8 Å². The molecule has 0 aliphatic heterocycles. The van der Waals surface area contributed by atoms with Gasteiger partial charge in [0.15, 0.2) is 11.5 Å². The van der Waals surface area contributed by atoms with Crippen LogP contribution in [0.5, 0.6) is 11.5 Å².